The molecule has 0 bridgehead atoms. The molecule has 2 aromatic carbocycles. The predicted molar refractivity (Wildman–Crippen MR) is 88.9 cm³/mol. The summed E-state index contributed by atoms with van der Waals surface area (Å²) >= 11 is 5.12. The molecule has 128 valence electrons. The van der Waals surface area contributed by atoms with E-state index in [1.807, 2.05) is 0 Å². The Balaban J connectivity index is 1.92. The second-order valence-corrected chi connectivity index (χ2v) is 5.22. The highest BCUT2D eigenvalue weighted by molar-refractivity contribution is 7.71. The molecule has 3 aromatic rings. The third kappa shape index (κ3) is 3.94. The lowest BCUT2D eigenvalue weighted by Crippen LogP contribution is -2.01. The zero-order valence-electron chi connectivity index (χ0n) is 12.6. The van der Waals surface area contributed by atoms with Gasteiger partial charge in [0.15, 0.2) is 5.82 Å². The van der Waals surface area contributed by atoms with Crippen molar-refractivity contribution < 1.29 is 17.9 Å². The number of H-pyrrole nitrogens is 1. The Labute approximate surface area is 145 Å². The zero-order valence-corrected chi connectivity index (χ0v) is 13.4. The highest BCUT2D eigenvalue weighted by atomic mass is 32.1. The minimum absolute atomic E-state index is 0.0225. The molecule has 0 fully saturated rings. The number of ether oxygens (including phenoxy) is 1. The van der Waals surface area contributed by atoms with Crippen LogP contribution >= 0.6 is 12.2 Å². The zero-order chi connectivity index (χ0) is 17.8. The van der Waals surface area contributed by atoms with Gasteiger partial charge < -0.3 is 4.74 Å². The minimum atomic E-state index is -2.90. The molecule has 0 aliphatic carbocycles. The van der Waals surface area contributed by atoms with Gasteiger partial charge in [0.05, 0.1) is 6.21 Å². The van der Waals surface area contributed by atoms with Gasteiger partial charge in [-0.1, -0.05) is 18.2 Å². The van der Waals surface area contributed by atoms with E-state index in [1.165, 1.54) is 41.2 Å². The van der Waals surface area contributed by atoms with Gasteiger partial charge in [-0.25, -0.2) is 9.49 Å². The summed E-state index contributed by atoms with van der Waals surface area (Å²) in [6.07, 6.45) is 1.32. The number of nitrogens with zero attached hydrogens (tertiary/aromatic N) is 3. The molecule has 0 aliphatic heterocycles. The first-order chi connectivity index (χ1) is 12.0. The van der Waals surface area contributed by atoms with Crippen molar-refractivity contribution in [1.29, 1.82) is 0 Å². The van der Waals surface area contributed by atoms with E-state index in [4.69, 9.17) is 12.2 Å². The number of hydrogen-bond donors (Lipinski definition) is 1. The third-order valence-corrected chi connectivity index (χ3v) is 3.47. The molecular formula is C16H11F3N4OS. The maximum absolute atomic E-state index is 13.7. The molecule has 0 unspecified atom stereocenters. The van der Waals surface area contributed by atoms with Crippen LogP contribution in [0.15, 0.2) is 53.6 Å². The van der Waals surface area contributed by atoms with Crippen LogP contribution in [0.2, 0.25) is 0 Å². The number of aromatic amines is 1. The van der Waals surface area contributed by atoms with Gasteiger partial charge in [0, 0.05) is 11.1 Å². The lowest BCUT2D eigenvalue weighted by atomic mass is 10.2. The van der Waals surface area contributed by atoms with Crippen molar-refractivity contribution in [2.45, 2.75) is 6.61 Å². The fraction of sp³-hybridized carbons (Fsp3) is 0.0625. The van der Waals surface area contributed by atoms with Gasteiger partial charge in [0.25, 0.3) is 0 Å². The Morgan fingerprint density at radius 2 is 1.88 bits per heavy atom. The molecule has 0 radical (unpaired) electrons. The van der Waals surface area contributed by atoms with E-state index in [0.717, 1.165) is 0 Å². The number of halogens is 3. The minimum Gasteiger partial charge on any atom is -0.435 e. The van der Waals surface area contributed by atoms with Crippen molar-refractivity contribution in [3.05, 3.63) is 64.7 Å². The van der Waals surface area contributed by atoms with Gasteiger partial charge in [-0.3, -0.25) is 0 Å². The largest absolute Gasteiger partial charge is 0.435 e. The molecule has 25 heavy (non-hydrogen) atoms. The maximum atomic E-state index is 13.7. The van der Waals surface area contributed by atoms with Crippen molar-refractivity contribution in [3.63, 3.8) is 0 Å². The second kappa shape index (κ2) is 7.31. The van der Waals surface area contributed by atoms with Crippen LogP contribution in [0.1, 0.15) is 5.56 Å². The van der Waals surface area contributed by atoms with E-state index < -0.39 is 12.4 Å². The number of alkyl halides is 2. The van der Waals surface area contributed by atoms with E-state index >= 15 is 0 Å². The lowest BCUT2D eigenvalue weighted by molar-refractivity contribution is -0.0498. The van der Waals surface area contributed by atoms with Crippen LogP contribution in [-0.2, 0) is 0 Å². The molecule has 0 amide bonds. The predicted octanol–water partition coefficient (Wildman–Crippen LogP) is 4.23. The van der Waals surface area contributed by atoms with Gasteiger partial charge in [-0.15, -0.1) is 0 Å². The SMILES string of the molecule is Fc1ccccc1C=Nn1c(-c2ccc(OC(F)F)cc2)n[nH]c1=S. The highest BCUT2D eigenvalue weighted by Gasteiger charge is 2.10. The Bertz CT molecular complexity index is 951. The van der Waals surface area contributed by atoms with E-state index in [1.54, 1.807) is 18.2 Å². The fourth-order valence-corrected chi connectivity index (χ4v) is 2.25. The summed E-state index contributed by atoms with van der Waals surface area (Å²) in [6.45, 7) is -2.90. The summed E-state index contributed by atoms with van der Waals surface area (Å²) < 4.78 is 43.9. The third-order valence-electron chi connectivity index (χ3n) is 3.21. The van der Waals surface area contributed by atoms with E-state index in [0.29, 0.717) is 11.4 Å². The number of rotatable bonds is 5. The fourth-order valence-electron chi connectivity index (χ4n) is 2.07. The van der Waals surface area contributed by atoms with Crippen LogP contribution in [0.5, 0.6) is 5.75 Å². The summed E-state index contributed by atoms with van der Waals surface area (Å²) in [7, 11) is 0. The lowest BCUT2D eigenvalue weighted by Gasteiger charge is -2.05. The first-order valence-corrected chi connectivity index (χ1v) is 7.47. The summed E-state index contributed by atoms with van der Waals surface area (Å²) in [5.41, 5.74) is 0.858. The molecule has 0 saturated carbocycles. The van der Waals surface area contributed by atoms with Gasteiger partial charge in [0.1, 0.15) is 11.6 Å². The number of benzene rings is 2. The summed E-state index contributed by atoms with van der Waals surface area (Å²) in [4.78, 5) is 0. The summed E-state index contributed by atoms with van der Waals surface area (Å²) in [5.74, 6) is -0.0493. The number of hydrogen-bond acceptors (Lipinski definition) is 4. The van der Waals surface area contributed by atoms with Crippen LogP contribution in [0, 0.1) is 10.6 Å². The van der Waals surface area contributed by atoms with Gasteiger partial charge in [-0.05, 0) is 42.5 Å². The Kier molecular flexibility index (Phi) is 4.94. The summed E-state index contributed by atoms with van der Waals surface area (Å²) in [5, 5.41) is 10.8. The number of aromatic nitrogens is 3. The van der Waals surface area contributed by atoms with Crippen molar-refractivity contribution >= 4 is 18.4 Å². The standard InChI is InChI=1S/C16H11F3N4OS/c17-13-4-2-1-3-11(13)9-20-23-14(21-22-16(23)25)10-5-7-12(8-6-10)24-15(18)19/h1-9,15H,(H,22,25). The monoisotopic (exact) mass is 364 g/mol. The van der Waals surface area contributed by atoms with Crippen LogP contribution < -0.4 is 4.74 Å². The van der Waals surface area contributed by atoms with Crippen molar-refractivity contribution in [1.82, 2.24) is 14.9 Å². The van der Waals surface area contributed by atoms with Crippen LogP contribution in [0.3, 0.4) is 0 Å². The molecule has 0 spiro atoms. The molecule has 1 aromatic heterocycles. The normalized spacial score (nSPS) is 11.4. The Hall–Kier alpha value is -2.94. The van der Waals surface area contributed by atoms with Gasteiger partial charge in [-0.2, -0.15) is 23.7 Å². The first kappa shape index (κ1) is 16.9. The molecule has 9 heteroatoms. The van der Waals surface area contributed by atoms with E-state index in [9.17, 15) is 13.2 Å². The molecule has 5 nitrogen and oxygen atoms in total. The molecule has 0 aliphatic rings. The van der Waals surface area contributed by atoms with E-state index in [2.05, 4.69) is 20.0 Å². The molecule has 0 atom stereocenters. The topological polar surface area (TPSA) is 55.2 Å². The van der Waals surface area contributed by atoms with Crippen LogP contribution in [0.25, 0.3) is 11.4 Å². The Morgan fingerprint density at radius 1 is 1.16 bits per heavy atom. The maximum Gasteiger partial charge on any atom is 0.387 e. The summed E-state index contributed by atoms with van der Waals surface area (Å²) in [6, 6.07) is 12.0. The average Bonchev–Trinajstić information content (AvgIpc) is 2.95. The van der Waals surface area contributed by atoms with E-state index in [-0.39, 0.29) is 16.1 Å². The smallest absolute Gasteiger partial charge is 0.387 e. The first-order valence-electron chi connectivity index (χ1n) is 7.06. The molecule has 0 saturated heterocycles. The average molecular weight is 364 g/mol. The van der Waals surface area contributed by atoms with Gasteiger partial charge in [0.2, 0.25) is 4.77 Å². The van der Waals surface area contributed by atoms with Crippen molar-refractivity contribution in [3.8, 4) is 17.1 Å². The van der Waals surface area contributed by atoms with Crippen LogP contribution in [-0.4, -0.2) is 27.7 Å². The Morgan fingerprint density at radius 3 is 2.56 bits per heavy atom. The van der Waals surface area contributed by atoms with Gasteiger partial charge >= 0.3 is 6.61 Å². The molecule has 1 heterocycles. The number of nitrogens with one attached hydrogen (secondary N) is 1. The van der Waals surface area contributed by atoms with Crippen molar-refractivity contribution in [2.75, 3.05) is 0 Å². The van der Waals surface area contributed by atoms with Crippen LogP contribution in [0.4, 0.5) is 13.2 Å². The second-order valence-electron chi connectivity index (χ2n) is 4.83. The molecule has 1 N–H and O–H groups in total. The van der Waals surface area contributed by atoms with Crippen molar-refractivity contribution in [2.24, 2.45) is 5.10 Å². The molecule has 3 rings (SSSR count). The highest BCUT2D eigenvalue weighted by Crippen LogP contribution is 2.22. The quantitative estimate of drug-likeness (QED) is 0.544. The molecular weight excluding hydrogens is 353 g/mol.